The second kappa shape index (κ2) is 13.5. The minimum absolute atomic E-state index is 0.951. The van der Waals surface area contributed by atoms with Crippen molar-refractivity contribution >= 4 is 0 Å². The molecule has 100 valence electrons. The van der Waals surface area contributed by atoms with Gasteiger partial charge in [-0.15, -0.1) is 13.2 Å². The van der Waals surface area contributed by atoms with Crippen LogP contribution in [0.1, 0.15) is 77.6 Å². The van der Waals surface area contributed by atoms with Crippen LogP contribution in [-0.4, -0.2) is 0 Å². The quantitative estimate of drug-likeness (QED) is 0.260. The van der Waals surface area contributed by atoms with Gasteiger partial charge < -0.3 is 0 Å². The van der Waals surface area contributed by atoms with Crippen LogP contribution in [0.3, 0.4) is 0 Å². The van der Waals surface area contributed by atoms with Crippen molar-refractivity contribution in [2.75, 3.05) is 0 Å². The van der Waals surface area contributed by atoms with Crippen LogP contribution in [0, 0.1) is 5.92 Å². The van der Waals surface area contributed by atoms with Gasteiger partial charge in [0, 0.05) is 0 Å². The van der Waals surface area contributed by atoms with Gasteiger partial charge in [0.05, 0.1) is 0 Å². The molecular formula is C17H32. The molecule has 0 heteroatoms. The van der Waals surface area contributed by atoms with E-state index in [9.17, 15) is 0 Å². The highest BCUT2D eigenvalue weighted by atomic mass is 14.1. The molecule has 0 aliphatic carbocycles. The van der Waals surface area contributed by atoms with E-state index in [1.165, 1.54) is 70.6 Å². The lowest BCUT2D eigenvalue weighted by Gasteiger charge is -2.16. The number of rotatable bonds is 13. The van der Waals surface area contributed by atoms with Crippen molar-refractivity contribution in [2.45, 2.75) is 77.6 Å². The average molecular weight is 236 g/mol. The van der Waals surface area contributed by atoms with E-state index in [0.717, 1.165) is 5.92 Å². The molecule has 0 atom stereocenters. The third-order valence-electron chi connectivity index (χ3n) is 3.51. The van der Waals surface area contributed by atoms with Gasteiger partial charge in [-0.3, -0.25) is 0 Å². The topological polar surface area (TPSA) is 0 Å². The van der Waals surface area contributed by atoms with Gasteiger partial charge >= 0.3 is 0 Å². The molecule has 0 nitrogen and oxygen atoms in total. The van der Waals surface area contributed by atoms with E-state index in [-0.39, 0.29) is 0 Å². The summed E-state index contributed by atoms with van der Waals surface area (Å²) in [5.41, 5.74) is 0. The Labute approximate surface area is 109 Å². The Kier molecular flexibility index (Phi) is 13.1. The van der Waals surface area contributed by atoms with E-state index in [2.05, 4.69) is 32.2 Å². The van der Waals surface area contributed by atoms with Crippen molar-refractivity contribution in [1.29, 1.82) is 0 Å². The molecule has 0 amide bonds. The number of allylic oxidation sites excluding steroid dienone is 2. The Balaban J connectivity index is 3.66. The molecule has 0 spiro atoms. The summed E-state index contributed by atoms with van der Waals surface area (Å²) in [5, 5.41) is 0. The van der Waals surface area contributed by atoms with Crippen LogP contribution >= 0.6 is 0 Å². The van der Waals surface area contributed by atoms with E-state index >= 15 is 0 Å². The summed E-state index contributed by atoms with van der Waals surface area (Å²) < 4.78 is 0. The summed E-state index contributed by atoms with van der Waals surface area (Å²) in [4.78, 5) is 0. The van der Waals surface area contributed by atoms with Gasteiger partial charge in [0.1, 0.15) is 0 Å². The molecule has 0 saturated carbocycles. The van der Waals surface area contributed by atoms with Crippen molar-refractivity contribution in [3.63, 3.8) is 0 Å². The van der Waals surface area contributed by atoms with Gasteiger partial charge in [0.25, 0.3) is 0 Å². The lowest BCUT2D eigenvalue weighted by molar-refractivity contribution is 0.383. The van der Waals surface area contributed by atoms with Crippen molar-refractivity contribution in [3.05, 3.63) is 25.3 Å². The van der Waals surface area contributed by atoms with Crippen LogP contribution < -0.4 is 0 Å². The van der Waals surface area contributed by atoms with Crippen molar-refractivity contribution in [3.8, 4) is 0 Å². The Morgan fingerprint density at radius 2 is 1.29 bits per heavy atom. The molecule has 0 rings (SSSR count). The first-order valence-corrected chi connectivity index (χ1v) is 7.56. The van der Waals surface area contributed by atoms with Gasteiger partial charge in [-0.2, -0.15) is 0 Å². The Morgan fingerprint density at radius 3 is 1.76 bits per heavy atom. The highest BCUT2D eigenvalue weighted by Gasteiger charge is 2.07. The lowest BCUT2D eigenvalue weighted by atomic mass is 9.90. The first-order chi connectivity index (χ1) is 8.35. The zero-order valence-corrected chi connectivity index (χ0v) is 11.9. The molecule has 0 radical (unpaired) electrons. The Morgan fingerprint density at radius 1 is 0.765 bits per heavy atom. The molecular weight excluding hydrogens is 204 g/mol. The fourth-order valence-electron chi connectivity index (χ4n) is 2.39. The second-order valence-electron chi connectivity index (χ2n) is 5.15. The first-order valence-electron chi connectivity index (χ1n) is 7.56. The predicted molar refractivity (Wildman–Crippen MR) is 80.3 cm³/mol. The fourth-order valence-corrected chi connectivity index (χ4v) is 2.39. The van der Waals surface area contributed by atoms with E-state index in [0.29, 0.717) is 0 Å². The molecule has 0 aliphatic heterocycles. The van der Waals surface area contributed by atoms with Crippen LogP contribution in [0.25, 0.3) is 0 Å². The van der Waals surface area contributed by atoms with Crippen LogP contribution in [0.15, 0.2) is 25.3 Å². The second-order valence-corrected chi connectivity index (χ2v) is 5.15. The minimum atomic E-state index is 0.951. The minimum Gasteiger partial charge on any atom is -0.103 e. The van der Waals surface area contributed by atoms with Crippen LogP contribution in [-0.2, 0) is 0 Å². The standard InChI is InChI=1S/C17H32/c1-4-7-10-13-16-17(14-11-8-5-2)15-12-9-6-3/h5-6,17H,2-4,7-16H2,1H3. The molecule has 0 aliphatic rings. The number of unbranched alkanes of at least 4 members (excludes halogenated alkanes) is 5. The molecule has 17 heavy (non-hydrogen) atoms. The molecule has 0 aromatic heterocycles. The predicted octanol–water partition coefficient (Wildman–Crippen LogP) is 6.29. The maximum absolute atomic E-state index is 3.81. The summed E-state index contributed by atoms with van der Waals surface area (Å²) in [6, 6.07) is 0. The smallest absolute Gasteiger partial charge is 0.0353 e. The van der Waals surface area contributed by atoms with Crippen molar-refractivity contribution in [2.24, 2.45) is 5.92 Å². The maximum Gasteiger partial charge on any atom is -0.0353 e. The zero-order valence-electron chi connectivity index (χ0n) is 11.9. The Hall–Kier alpha value is -0.520. The van der Waals surface area contributed by atoms with Crippen LogP contribution in [0.2, 0.25) is 0 Å². The van der Waals surface area contributed by atoms with Gasteiger partial charge in [0.15, 0.2) is 0 Å². The van der Waals surface area contributed by atoms with E-state index in [4.69, 9.17) is 0 Å². The normalized spacial score (nSPS) is 10.7. The van der Waals surface area contributed by atoms with Crippen LogP contribution in [0.5, 0.6) is 0 Å². The molecule has 0 heterocycles. The zero-order chi connectivity index (χ0) is 12.8. The largest absolute Gasteiger partial charge is 0.103 e. The van der Waals surface area contributed by atoms with Gasteiger partial charge in [0.2, 0.25) is 0 Å². The van der Waals surface area contributed by atoms with E-state index in [1.807, 2.05) is 0 Å². The van der Waals surface area contributed by atoms with Crippen molar-refractivity contribution < 1.29 is 0 Å². The maximum atomic E-state index is 3.81. The van der Waals surface area contributed by atoms with Crippen LogP contribution in [0.4, 0.5) is 0 Å². The molecule has 0 unspecified atom stereocenters. The van der Waals surface area contributed by atoms with E-state index in [1.54, 1.807) is 0 Å². The first kappa shape index (κ1) is 16.5. The van der Waals surface area contributed by atoms with Crippen molar-refractivity contribution in [1.82, 2.24) is 0 Å². The molecule has 0 aromatic carbocycles. The monoisotopic (exact) mass is 236 g/mol. The lowest BCUT2D eigenvalue weighted by Crippen LogP contribution is -2.01. The number of hydrogen-bond acceptors (Lipinski definition) is 0. The molecule has 0 fully saturated rings. The summed E-state index contributed by atoms with van der Waals surface area (Å²) in [5.74, 6) is 0.951. The Bertz CT molecular complexity index is 155. The molecule has 0 bridgehead atoms. The molecule has 0 aromatic rings. The molecule has 0 N–H and O–H groups in total. The summed E-state index contributed by atoms with van der Waals surface area (Å²) in [6.07, 6.45) is 19.0. The van der Waals surface area contributed by atoms with Gasteiger partial charge in [-0.25, -0.2) is 0 Å². The summed E-state index contributed by atoms with van der Waals surface area (Å²) >= 11 is 0. The van der Waals surface area contributed by atoms with E-state index < -0.39 is 0 Å². The van der Waals surface area contributed by atoms with Gasteiger partial charge in [-0.05, 0) is 31.6 Å². The highest BCUT2D eigenvalue weighted by molar-refractivity contribution is 4.71. The SMILES string of the molecule is C=CCCCC(CCCC=C)CCCCCC. The average Bonchev–Trinajstić information content (AvgIpc) is 2.34. The summed E-state index contributed by atoms with van der Waals surface area (Å²) in [6.45, 7) is 9.90. The molecule has 0 saturated heterocycles. The third kappa shape index (κ3) is 11.7. The fraction of sp³-hybridized carbons (Fsp3) is 0.765. The highest BCUT2D eigenvalue weighted by Crippen LogP contribution is 2.23. The summed E-state index contributed by atoms with van der Waals surface area (Å²) in [7, 11) is 0. The third-order valence-corrected chi connectivity index (χ3v) is 3.51. The number of hydrogen-bond donors (Lipinski definition) is 0. The van der Waals surface area contributed by atoms with Gasteiger partial charge in [-0.1, -0.05) is 64.0 Å².